The maximum Gasteiger partial charge on any atom is 0.337 e. The van der Waals surface area contributed by atoms with Crippen molar-refractivity contribution in [3.8, 4) is 0 Å². The van der Waals surface area contributed by atoms with Gasteiger partial charge in [-0.3, -0.25) is 14.5 Å². The summed E-state index contributed by atoms with van der Waals surface area (Å²) in [5, 5.41) is 20.3. The molecule has 6 rings (SSSR count). The van der Waals surface area contributed by atoms with Gasteiger partial charge >= 0.3 is 5.97 Å². The van der Waals surface area contributed by atoms with Crippen LogP contribution >= 0.6 is 23.1 Å². The molecule has 1 amide bonds. The van der Waals surface area contributed by atoms with E-state index < -0.39 is 29.5 Å². The average molecular weight is 602 g/mol. The zero-order valence-electron chi connectivity index (χ0n) is 21.8. The highest BCUT2D eigenvalue weighted by Gasteiger charge is 2.46. The number of aliphatic hydroxyl groups excluding tert-OH is 1. The largest absolute Gasteiger partial charge is 0.503 e. The van der Waals surface area contributed by atoms with Crippen LogP contribution in [-0.4, -0.2) is 40.1 Å². The summed E-state index contributed by atoms with van der Waals surface area (Å²) in [6.07, 6.45) is 0. The van der Waals surface area contributed by atoms with E-state index in [2.05, 4.69) is 10.2 Å². The second kappa shape index (κ2) is 11.2. The Morgan fingerprint density at radius 3 is 2.52 bits per heavy atom. The highest BCUT2D eigenvalue weighted by atomic mass is 32.2. The van der Waals surface area contributed by atoms with Crippen LogP contribution < -0.4 is 4.90 Å². The van der Waals surface area contributed by atoms with Crippen LogP contribution in [0.4, 0.5) is 9.52 Å². The zero-order valence-corrected chi connectivity index (χ0v) is 23.4. The number of anilines is 1. The van der Waals surface area contributed by atoms with Crippen molar-refractivity contribution in [3.05, 3.63) is 118 Å². The van der Waals surface area contributed by atoms with Crippen LogP contribution in [0, 0.1) is 5.82 Å². The van der Waals surface area contributed by atoms with E-state index >= 15 is 0 Å². The summed E-state index contributed by atoms with van der Waals surface area (Å²) in [6, 6.07) is 19.8. The predicted molar refractivity (Wildman–Crippen MR) is 154 cm³/mol. The van der Waals surface area contributed by atoms with Gasteiger partial charge < -0.3 is 14.3 Å². The molecule has 1 atom stereocenters. The van der Waals surface area contributed by atoms with E-state index in [9.17, 15) is 23.9 Å². The van der Waals surface area contributed by atoms with Crippen molar-refractivity contribution in [2.45, 2.75) is 16.1 Å². The molecule has 210 valence electrons. The lowest BCUT2D eigenvalue weighted by atomic mass is 9.94. The zero-order chi connectivity index (χ0) is 29.4. The first-order valence-electron chi connectivity index (χ1n) is 12.5. The van der Waals surface area contributed by atoms with Crippen LogP contribution in [-0.2, 0) is 15.3 Å². The summed E-state index contributed by atoms with van der Waals surface area (Å²) in [7, 11) is 1.26. The number of amides is 1. The topological polar surface area (TPSA) is 123 Å². The van der Waals surface area contributed by atoms with Gasteiger partial charge in [0.05, 0.1) is 24.3 Å². The molecular weight excluding hydrogens is 581 g/mol. The number of rotatable bonds is 8. The fourth-order valence-electron chi connectivity index (χ4n) is 4.58. The van der Waals surface area contributed by atoms with E-state index in [1.165, 1.54) is 48.0 Å². The molecule has 1 unspecified atom stereocenters. The molecule has 42 heavy (non-hydrogen) atoms. The van der Waals surface area contributed by atoms with Crippen LogP contribution in [0.25, 0.3) is 11.0 Å². The molecule has 1 N–H and O–H groups in total. The second-order valence-corrected chi connectivity index (χ2v) is 11.4. The molecule has 12 heteroatoms. The molecule has 9 nitrogen and oxygen atoms in total. The van der Waals surface area contributed by atoms with E-state index in [4.69, 9.17) is 9.15 Å². The molecule has 0 aliphatic carbocycles. The first-order chi connectivity index (χ1) is 20.3. The molecule has 0 spiro atoms. The van der Waals surface area contributed by atoms with Gasteiger partial charge in [-0.1, -0.05) is 65.6 Å². The van der Waals surface area contributed by atoms with E-state index in [0.717, 1.165) is 16.9 Å². The van der Waals surface area contributed by atoms with Crippen molar-refractivity contribution in [2.24, 2.45) is 0 Å². The van der Waals surface area contributed by atoms with Crippen molar-refractivity contribution < 1.29 is 33.0 Å². The summed E-state index contributed by atoms with van der Waals surface area (Å²) < 4.78 is 24.3. The van der Waals surface area contributed by atoms with Crippen LogP contribution in [0.3, 0.4) is 0 Å². The summed E-state index contributed by atoms with van der Waals surface area (Å²) in [4.78, 5) is 40.6. The highest BCUT2D eigenvalue weighted by Crippen LogP contribution is 2.44. The molecule has 0 bridgehead atoms. The lowest BCUT2D eigenvalue weighted by molar-refractivity contribution is -0.117. The summed E-state index contributed by atoms with van der Waals surface area (Å²) >= 11 is 2.45. The predicted octanol–water partition coefficient (Wildman–Crippen LogP) is 6.29. The van der Waals surface area contributed by atoms with Crippen LogP contribution in [0.2, 0.25) is 0 Å². The SMILES string of the molecule is COC(=O)c1ccc(C2C(C(=O)c3cc4ccccc4o3)=C(O)C(=O)N2c2nnc(SCc3ccc(F)cc3)s2)cc1. The number of esters is 1. The minimum absolute atomic E-state index is 0.0450. The molecule has 0 fully saturated rings. The van der Waals surface area contributed by atoms with Gasteiger partial charge in [0.15, 0.2) is 15.9 Å². The quantitative estimate of drug-likeness (QED) is 0.0947. The third-order valence-electron chi connectivity index (χ3n) is 6.63. The minimum atomic E-state index is -1.09. The van der Waals surface area contributed by atoms with Gasteiger partial charge in [-0.2, -0.15) is 0 Å². The molecule has 5 aromatic rings. The average Bonchev–Trinajstić information content (AvgIpc) is 3.72. The monoisotopic (exact) mass is 601 g/mol. The molecule has 3 heterocycles. The van der Waals surface area contributed by atoms with E-state index in [0.29, 0.717) is 26.6 Å². The van der Waals surface area contributed by atoms with Crippen LogP contribution in [0.5, 0.6) is 0 Å². The number of aromatic nitrogens is 2. The Labute approximate surface area is 246 Å². The third kappa shape index (κ3) is 5.06. The maximum absolute atomic E-state index is 13.8. The first kappa shape index (κ1) is 27.4. The number of methoxy groups -OCH3 is 1. The number of halogens is 1. The molecule has 1 aliphatic rings. The number of furan rings is 1. The number of carbonyl (C=O) groups is 3. The minimum Gasteiger partial charge on any atom is -0.503 e. The first-order valence-corrected chi connectivity index (χ1v) is 14.3. The van der Waals surface area contributed by atoms with Crippen LogP contribution in [0.15, 0.2) is 99.0 Å². The summed E-state index contributed by atoms with van der Waals surface area (Å²) in [5.74, 6) is -2.68. The lowest BCUT2D eigenvalue weighted by Crippen LogP contribution is -2.31. The van der Waals surface area contributed by atoms with Crippen molar-refractivity contribution in [2.75, 3.05) is 12.0 Å². The van der Waals surface area contributed by atoms with Crippen molar-refractivity contribution in [1.82, 2.24) is 10.2 Å². The number of para-hydroxylation sites is 1. The molecule has 0 saturated heterocycles. The Morgan fingerprint density at radius 2 is 1.81 bits per heavy atom. The Kier molecular flexibility index (Phi) is 7.31. The molecule has 2 aromatic heterocycles. The normalized spacial score (nSPS) is 15.0. The fourth-order valence-corrected chi connectivity index (χ4v) is 6.40. The number of carbonyl (C=O) groups excluding carboxylic acids is 3. The second-order valence-electron chi connectivity index (χ2n) is 9.20. The smallest absolute Gasteiger partial charge is 0.337 e. The van der Waals surface area contributed by atoms with Gasteiger partial charge in [0.2, 0.25) is 10.9 Å². The van der Waals surface area contributed by atoms with Gasteiger partial charge in [-0.25, -0.2) is 9.18 Å². The van der Waals surface area contributed by atoms with Gasteiger partial charge in [-0.15, -0.1) is 10.2 Å². The number of fused-ring (bicyclic) bond motifs is 1. The van der Waals surface area contributed by atoms with Gasteiger partial charge in [-0.05, 0) is 47.5 Å². The van der Waals surface area contributed by atoms with Crippen molar-refractivity contribution in [1.29, 1.82) is 0 Å². The number of hydrogen-bond acceptors (Lipinski definition) is 10. The van der Waals surface area contributed by atoms with Gasteiger partial charge in [0, 0.05) is 11.1 Å². The third-order valence-corrected chi connectivity index (χ3v) is 8.75. The van der Waals surface area contributed by atoms with Gasteiger partial charge in [0.25, 0.3) is 5.91 Å². The Hall–Kier alpha value is -4.81. The number of hydrogen-bond donors (Lipinski definition) is 1. The molecule has 3 aromatic carbocycles. The Bertz CT molecular complexity index is 1830. The number of thioether (sulfide) groups is 1. The van der Waals surface area contributed by atoms with E-state index in [1.807, 2.05) is 0 Å². The fraction of sp³-hybridized carbons (Fsp3) is 0.100. The number of ether oxygens (including phenoxy) is 1. The van der Waals surface area contributed by atoms with E-state index in [1.54, 1.807) is 54.6 Å². The standard InChI is InChI=1S/C30H20FN3O6S2/c1-39-28(38)18-10-8-17(9-11-18)24-23(25(35)22-14-19-4-2-3-5-21(19)40-22)26(36)27(37)34(24)29-32-33-30(42-29)41-15-16-6-12-20(31)13-7-16/h2-14,24,36H,15H2,1H3. The highest BCUT2D eigenvalue weighted by molar-refractivity contribution is 8.00. The number of aliphatic hydroxyl groups is 1. The Balaban J connectivity index is 1.37. The summed E-state index contributed by atoms with van der Waals surface area (Å²) in [6.45, 7) is 0. The lowest BCUT2D eigenvalue weighted by Gasteiger charge is -2.24. The number of benzene rings is 3. The molecular formula is C30H20FN3O6S2. The molecule has 0 saturated carbocycles. The molecule has 0 radical (unpaired) electrons. The Morgan fingerprint density at radius 1 is 1.07 bits per heavy atom. The number of ketones is 1. The van der Waals surface area contributed by atoms with Crippen LogP contribution in [0.1, 0.15) is 38.1 Å². The van der Waals surface area contributed by atoms with Gasteiger partial charge in [0.1, 0.15) is 11.4 Å². The summed E-state index contributed by atoms with van der Waals surface area (Å²) in [5.41, 5.74) is 1.87. The maximum atomic E-state index is 13.8. The number of Topliss-reactive ketones (excluding diaryl/α,β-unsaturated/α-hetero) is 1. The van der Waals surface area contributed by atoms with Crippen molar-refractivity contribution in [3.63, 3.8) is 0 Å². The van der Waals surface area contributed by atoms with E-state index in [-0.39, 0.29) is 27.8 Å². The number of nitrogens with zero attached hydrogens (tertiary/aromatic N) is 3. The van der Waals surface area contributed by atoms with Crippen molar-refractivity contribution >= 4 is 56.9 Å². The molecule has 1 aliphatic heterocycles.